The second kappa shape index (κ2) is 7.31. The van der Waals surface area contributed by atoms with Crippen LogP contribution in [0.5, 0.6) is 0 Å². The number of nitrogens with one attached hydrogen (secondary N) is 3. The summed E-state index contributed by atoms with van der Waals surface area (Å²) < 4.78 is 0. The van der Waals surface area contributed by atoms with Crippen molar-refractivity contribution in [3.05, 3.63) is 56.8 Å². The first-order valence-electron chi connectivity index (χ1n) is 4.25. The van der Waals surface area contributed by atoms with Crippen molar-refractivity contribution in [1.82, 2.24) is 15.0 Å². The predicted molar refractivity (Wildman–Crippen MR) is 57.9 cm³/mol. The Morgan fingerprint density at radius 1 is 0.800 bits per heavy atom. The van der Waals surface area contributed by atoms with E-state index in [1.807, 2.05) is 12.2 Å². The quantitative estimate of drug-likeness (QED) is 0.480. The van der Waals surface area contributed by atoms with Gasteiger partial charge in [0.15, 0.2) is 0 Å². The standard InChI is InChI=1S/C6H10.C3H3N3O3/c1-3-5-6-4-2;7-1-4-2(8)6-3(9)5-1/h3-4H,1-2,5-6H2;(H3,4,5,6,7,8,9). The minimum Gasteiger partial charge on any atom is -0.259 e. The molecule has 0 aromatic carbocycles. The molecule has 82 valence electrons. The molecule has 0 amide bonds. The van der Waals surface area contributed by atoms with E-state index in [1.54, 1.807) is 15.0 Å². The number of rotatable bonds is 3. The van der Waals surface area contributed by atoms with E-state index in [2.05, 4.69) is 13.2 Å². The third-order valence-electron chi connectivity index (χ3n) is 1.26. The first-order valence-corrected chi connectivity index (χ1v) is 4.25. The smallest absolute Gasteiger partial charge is 0.259 e. The Balaban J connectivity index is 0.000000288. The van der Waals surface area contributed by atoms with Crippen molar-refractivity contribution in [2.75, 3.05) is 0 Å². The number of hydrogen-bond acceptors (Lipinski definition) is 3. The van der Waals surface area contributed by atoms with E-state index in [0.29, 0.717) is 0 Å². The van der Waals surface area contributed by atoms with E-state index in [-0.39, 0.29) is 0 Å². The van der Waals surface area contributed by atoms with E-state index in [0.717, 1.165) is 12.8 Å². The third kappa shape index (κ3) is 7.00. The van der Waals surface area contributed by atoms with Crippen LogP contribution >= 0.6 is 0 Å². The van der Waals surface area contributed by atoms with Gasteiger partial charge in [-0.3, -0.25) is 15.0 Å². The molecule has 0 atom stereocenters. The molecule has 6 heteroatoms. The van der Waals surface area contributed by atoms with E-state index in [1.165, 1.54) is 0 Å². The van der Waals surface area contributed by atoms with Gasteiger partial charge in [0.1, 0.15) is 0 Å². The third-order valence-corrected chi connectivity index (χ3v) is 1.26. The van der Waals surface area contributed by atoms with Crippen molar-refractivity contribution in [2.24, 2.45) is 0 Å². The number of aromatic nitrogens is 3. The summed E-state index contributed by atoms with van der Waals surface area (Å²) in [7, 11) is 0. The van der Waals surface area contributed by atoms with Crippen molar-refractivity contribution in [2.45, 2.75) is 12.8 Å². The summed E-state index contributed by atoms with van der Waals surface area (Å²) in [6.45, 7) is 7.10. The van der Waals surface area contributed by atoms with Crippen molar-refractivity contribution < 1.29 is 0 Å². The van der Waals surface area contributed by atoms with Crippen LogP contribution in [0.25, 0.3) is 0 Å². The molecule has 1 rings (SSSR count). The van der Waals surface area contributed by atoms with Gasteiger partial charge >= 0.3 is 17.1 Å². The average Bonchev–Trinajstić information content (AvgIpc) is 2.13. The van der Waals surface area contributed by atoms with Crippen LogP contribution in [0.15, 0.2) is 39.7 Å². The van der Waals surface area contributed by atoms with Gasteiger partial charge in [-0.05, 0) is 12.8 Å². The number of unbranched alkanes of at least 4 members (excludes halogenated alkanes) is 1. The van der Waals surface area contributed by atoms with Gasteiger partial charge in [-0.15, -0.1) is 13.2 Å². The molecular formula is C9H13N3O3. The molecule has 6 nitrogen and oxygen atoms in total. The molecule has 0 saturated heterocycles. The van der Waals surface area contributed by atoms with Gasteiger partial charge in [0.05, 0.1) is 0 Å². The zero-order valence-electron chi connectivity index (χ0n) is 8.21. The van der Waals surface area contributed by atoms with Crippen LogP contribution in [-0.4, -0.2) is 15.0 Å². The summed E-state index contributed by atoms with van der Waals surface area (Å²) in [6.07, 6.45) is 5.90. The Labute approximate surface area is 85.4 Å². The summed E-state index contributed by atoms with van der Waals surface area (Å²) in [5, 5.41) is 0. The van der Waals surface area contributed by atoms with Crippen LogP contribution in [-0.2, 0) is 0 Å². The van der Waals surface area contributed by atoms with Crippen molar-refractivity contribution in [1.29, 1.82) is 0 Å². The van der Waals surface area contributed by atoms with Gasteiger partial charge in [0.25, 0.3) is 0 Å². The number of aromatic amines is 3. The maximum absolute atomic E-state index is 10.2. The fourth-order valence-electron chi connectivity index (χ4n) is 0.639. The maximum Gasteiger partial charge on any atom is 0.330 e. The molecule has 0 bridgehead atoms. The highest BCUT2D eigenvalue weighted by molar-refractivity contribution is 4.74. The zero-order valence-corrected chi connectivity index (χ0v) is 8.21. The van der Waals surface area contributed by atoms with Gasteiger partial charge in [-0.2, -0.15) is 0 Å². The van der Waals surface area contributed by atoms with E-state index in [9.17, 15) is 14.4 Å². The van der Waals surface area contributed by atoms with Gasteiger partial charge in [-0.1, -0.05) is 12.2 Å². The second-order valence-electron chi connectivity index (χ2n) is 2.52. The SMILES string of the molecule is C=CCCC=C.O=c1[nH]c(=O)[nH]c(=O)[nH]1. The molecule has 0 unspecified atom stereocenters. The molecule has 0 saturated carbocycles. The van der Waals surface area contributed by atoms with Crippen LogP contribution in [0.1, 0.15) is 12.8 Å². The van der Waals surface area contributed by atoms with Crippen LogP contribution in [0.3, 0.4) is 0 Å². The van der Waals surface area contributed by atoms with Crippen LogP contribution in [0.4, 0.5) is 0 Å². The first-order chi connectivity index (χ1) is 7.10. The Hall–Kier alpha value is -2.11. The summed E-state index contributed by atoms with van der Waals surface area (Å²) in [4.78, 5) is 35.9. The lowest BCUT2D eigenvalue weighted by molar-refractivity contribution is 0.888. The van der Waals surface area contributed by atoms with E-state index < -0.39 is 17.1 Å². The van der Waals surface area contributed by atoms with Gasteiger partial charge < -0.3 is 0 Å². The largest absolute Gasteiger partial charge is 0.330 e. The van der Waals surface area contributed by atoms with Crippen LogP contribution < -0.4 is 17.1 Å². The molecule has 0 aliphatic heterocycles. The molecular weight excluding hydrogens is 198 g/mol. The van der Waals surface area contributed by atoms with E-state index in [4.69, 9.17) is 0 Å². The number of allylic oxidation sites excluding steroid dienone is 2. The molecule has 0 aliphatic rings. The minimum absolute atomic E-state index is 0.802. The molecule has 0 aliphatic carbocycles. The molecule has 0 fully saturated rings. The monoisotopic (exact) mass is 211 g/mol. The highest BCUT2D eigenvalue weighted by atomic mass is 16.2. The Kier molecular flexibility index (Phi) is 6.28. The molecule has 0 spiro atoms. The first kappa shape index (κ1) is 12.9. The van der Waals surface area contributed by atoms with Gasteiger partial charge in [0, 0.05) is 0 Å². The summed E-state index contributed by atoms with van der Waals surface area (Å²) >= 11 is 0. The number of hydrogen-bond donors (Lipinski definition) is 3. The van der Waals surface area contributed by atoms with Gasteiger partial charge in [0.2, 0.25) is 0 Å². The molecule has 15 heavy (non-hydrogen) atoms. The normalized spacial score (nSPS) is 8.53. The van der Waals surface area contributed by atoms with Crippen molar-refractivity contribution in [3.8, 4) is 0 Å². The highest BCUT2D eigenvalue weighted by Crippen LogP contribution is 1.86. The summed E-state index contributed by atoms with van der Waals surface area (Å²) in [6, 6.07) is 0. The zero-order chi connectivity index (χ0) is 11.7. The van der Waals surface area contributed by atoms with E-state index >= 15 is 0 Å². The molecule has 1 aromatic heterocycles. The van der Waals surface area contributed by atoms with Crippen LogP contribution in [0.2, 0.25) is 0 Å². The average molecular weight is 211 g/mol. The molecule has 3 N–H and O–H groups in total. The Morgan fingerprint density at radius 2 is 1.07 bits per heavy atom. The predicted octanol–water partition coefficient (Wildman–Crippen LogP) is -0.110. The molecule has 1 heterocycles. The fourth-order valence-corrected chi connectivity index (χ4v) is 0.639. The Morgan fingerprint density at radius 3 is 1.27 bits per heavy atom. The summed E-state index contributed by atoms with van der Waals surface area (Å²) in [5.41, 5.74) is -2.41. The van der Waals surface area contributed by atoms with Crippen molar-refractivity contribution in [3.63, 3.8) is 0 Å². The molecule has 1 aromatic rings. The summed E-state index contributed by atoms with van der Waals surface area (Å²) in [5.74, 6) is 0. The topological polar surface area (TPSA) is 98.6 Å². The van der Waals surface area contributed by atoms with Crippen LogP contribution in [0, 0.1) is 0 Å². The second-order valence-corrected chi connectivity index (χ2v) is 2.52. The number of H-pyrrole nitrogens is 3. The Bertz CT molecular complexity index is 380. The highest BCUT2D eigenvalue weighted by Gasteiger charge is 1.85. The maximum atomic E-state index is 10.2. The lowest BCUT2D eigenvalue weighted by atomic mass is 10.3. The van der Waals surface area contributed by atoms with Gasteiger partial charge in [-0.25, -0.2) is 14.4 Å². The lowest BCUT2D eigenvalue weighted by Crippen LogP contribution is -2.34. The minimum atomic E-state index is -0.802. The van der Waals surface area contributed by atoms with Crippen molar-refractivity contribution >= 4 is 0 Å². The lowest BCUT2D eigenvalue weighted by Gasteiger charge is -1.77. The fraction of sp³-hybridized carbons (Fsp3) is 0.222. The molecule has 0 radical (unpaired) electrons.